The summed E-state index contributed by atoms with van der Waals surface area (Å²) in [5, 5.41) is 0. The van der Waals surface area contributed by atoms with Gasteiger partial charge in [-0.05, 0) is 38.3 Å². The van der Waals surface area contributed by atoms with Crippen molar-refractivity contribution >= 4 is 17.7 Å². The summed E-state index contributed by atoms with van der Waals surface area (Å²) in [7, 11) is 0. The third kappa shape index (κ3) is 4.80. The number of nitrogens with zero attached hydrogens (tertiary/aromatic N) is 5. The first-order valence-electron chi connectivity index (χ1n) is 10.6. The van der Waals surface area contributed by atoms with Crippen molar-refractivity contribution in [3.8, 4) is 5.75 Å². The highest BCUT2D eigenvalue weighted by Crippen LogP contribution is 2.22. The second kappa shape index (κ2) is 9.28. The van der Waals surface area contributed by atoms with Gasteiger partial charge in [0.15, 0.2) is 18.2 Å². The standard InChI is InChI=1S/C22H28FN5O2/c1-17-15-20(25-22(24-17)28-9-5-2-6-10-28)26-11-13-27(14-12-26)21(29)16-30-19-8-4-3-7-18(19)23/h3-4,7-8,15H,2,5-6,9-14,16H2,1H3. The maximum atomic E-state index is 13.6. The number of hydrogen-bond acceptors (Lipinski definition) is 6. The van der Waals surface area contributed by atoms with Crippen molar-refractivity contribution in [2.45, 2.75) is 26.2 Å². The predicted octanol–water partition coefficient (Wildman–Crippen LogP) is 2.64. The molecule has 0 radical (unpaired) electrons. The van der Waals surface area contributed by atoms with Crippen molar-refractivity contribution in [3.05, 3.63) is 41.8 Å². The van der Waals surface area contributed by atoms with Gasteiger partial charge < -0.3 is 19.4 Å². The van der Waals surface area contributed by atoms with E-state index in [-0.39, 0.29) is 18.3 Å². The van der Waals surface area contributed by atoms with E-state index in [1.165, 1.54) is 31.4 Å². The molecule has 2 fully saturated rings. The highest BCUT2D eigenvalue weighted by Gasteiger charge is 2.24. The summed E-state index contributed by atoms with van der Waals surface area (Å²) in [6.07, 6.45) is 3.64. The fourth-order valence-electron chi connectivity index (χ4n) is 3.91. The van der Waals surface area contributed by atoms with E-state index < -0.39 is 5.82 Å². The number of anilines is 2. The molecule has 0 spiro atoms. The third-order valence-electron chi connectivity index (χ3n) is 5.61. The molecular weight excluding hydrogens is 385 g/mol. The van der Waals surface area contributed by atoms with E-state index in [0.717, 1.165) is 30.5 Å². The Morgan fingerprint density at radius 3 is 2.47 bits per heavy atom. The van der Waals surface area contributed by atoms with Crippen LogP contribution in [0, 0.1) is 12.7 Å². The highest BCUT2D eigenvalue weighted by atomic mass is 19.1. The van der Waals surface area contributed by atoms with Gasteiger partial charge in [0.05, 0.1) is 0 Å². The summed E-state index contributed by atoms with van der Waals surface area (Å²) in [4.78, 5) is 28.1. The molecule has 1 aromatic carbocycles. The Labute approximate surface area is 176 Å². The van der Waals surface area contributed by atoms with Crippen LogP contribution in [0.3, 0.4) is 0 Å². The number of halogens is 1. The number of aryl methyl sites for hydroxylation is 1. The van der Waals surface area contributed by atoms with Crippen LogP contribution in [0.5, 0.6) is 5.75 Å². The molecule has 0 saturated carbocycles. The lowest BCUT2D eigenvalue weighted by Gasteiger charge is -2.36. The van der Waals surface area contributed by atoms with Crippen LogP contribution in [-0.4, -0.2) is 66.7 Å². The lowest BCUT2D eigenvalue weighted by molar-refractivity contribution is -0.133. The molecule has 160 valence electrons. The molecule has 7 nitrogen and oxygen atoms in total. The number of aromatic nitrogens is 2. The second-order valence-corrected chi connectivity index (χ2v) is 7.80. The van der Waals surface area contributed by atoms with E-state index in [1.54, 1.807) is 17.0 Å². The lowest BCUT2D eigenvalue weighted by atomic mass is 10.1. The number of carbonyl (C=O) groups excluding carboxylic acids is 1. The average molecular weight is 413 g/mol. The number of benzene rings is 1. The summed E-state index contributed by atoms with van der Waals surface area (Å²) in [6.45, 7) is 6.41. The smallest absolute Gasteiger partial charge is 0.260 e. The maximum Gasteiger partial charge on any atom is 0.260 e. The zero-order chi connectivity index (χ0) is 20.9. The molecule has 30 heavy (non-hydrogen) atoms. The lowest BCUT2D eigenvalue weighted by Crippen LogP contribution is -2.50. The van der Waals surface area contributed by atoms with Gasteiger partial charge in [-0.2, -0.15) is 4.98 Å². The van der Waals surface area contributed by atoms with E-state index in [1.807, 2.05) is 13.0 Å². The van der Waals surface area contributed by atoms with E-state index in [0.29, 0.717) is 26.2 Å². The SMILES string of the molecule is Cc1cc(N2CCN(C(=O)COc3ccccc3F)CC2)nc(N2CCCCC2)n1. The first-order chi connectivity index (χ1) is 14.6. The van der Waals surface area contributed by atoms with E-state index >= 15 is 0 Å². The van der Waals surface area contributed by atoms with Crippen LogP contribution in [-0.2, 0) is 4.79 Å². The Morgan fingerprint density at radius 2 is 1.73 bits per heavy atom. The van der Waals surface area contributed by atoms with Crippen LogP contribution >= 0.6 is 0 Å². The largest absolute Gasteiger partial charge is 0.481 e. The van der Waals surface area contributed by atoms with E-state index in [2.05, 4.69) is 14.8 Å². The van der Waals surface area contributed by atoms with Gasteiger partial charge in [-0.1, -0.05) is 12.1 Å². The quantitative estimate of drug-likeness (QED) is 0.751. The Balaban J connectivity index is 1.33. The predicted molar refractivity (Wildman–Crippen MR) is 114 cm³/mol. The van der Waals surface area contributed by atoms with Crippen molar-refractivity contribution in [1.29, 1.82) is 0 Å². The van der Waals surface area contributed by atoms with Crippen molar-refractivity contribution in [3.63, 3.8) is 0 Å². The minimum atomic E-state index is -0.459. The fraction of sp³-hybridized carbons (Fsp3) is 0.500. The Bertz CT molecular complexity index is 880. The summed E-state index contributed by atoms with van der Waals surface area (Å²) in [5.74, 6) is 1.23. The molecule has 2 aliphatic heterocycles. The van der Waals surface area contributed by atoms with Crippen LogP contribution < -0.4 is 14.5 Å². The fourth-order valence-corrected chi connectivity index (χ4v) is 3.91. The van der Waals surface area contributed by atoms with Crippen molar-refractivity contribution in [1.82, 2.24) is 14.9 Å². The zero-order valence-electron chi connectivity index (χ0n) is 17.4. The maximum absolute atomic E-state index is 13.6. The molecule has 0 bridgehead atoms. The molecule has 0 unspecified atom stereocenters. The first-order valence-corrected chi connectivity index (χ1v) is 10.6. The first kappa shape index (κ1) is 20.4. The van der Waals surface area contributed by atoms with Gasteiger partial charge in [0.2, 0.25) is 5.95 Å². The molecule has 1 amide bonds. The van der Waals surface area contributed by atoms with Crippen LogP contribution in [0.1, 0.15) is 25.0 Å². The number of hydrogen-bond donors (Lipinski definition) is 0. The molecule has 2 aliphatic rings. The van der Waals surface area contributed by atoms with Gasteiger partial charge in [0.1, 0.15) is 5.82 Å². The number of carbonyl (C=O) groups is 1. The van der Waals surface area contributed by atoms with Crippen LogP contribution in [0.4, 0.5) is 16.2 Å². The van der Waals surface area contributed by atoms with Gasteiger partial charge in [-0.3, -0.25) is 4.79 Å². The number of rotatable bonds is 5. The number of piperazine rings is 1. The summed E-state index contributed by atoms with van der Waals surface area (Å²) >= 11 is 0. The topological polar surface area (TPSA) is 61.8 Å². The van der Waals surface area contributed by atoms with Crippen molar-refractivity contribution in [2.24, 2.45) is 0 Å². The molecule has 8 heteroatoms. The van der Waals surface area contributed by atoms with Crippen LogP contribution in [0.25, 0.3) is 0 Å². The normalized spacial score (nSPS) is 17.2. The molecule has 0 atom stereocenters. The van der Waals surface area contributed by atoms with E-state index in [9.17, 15) is 9.18 Å². The highest BCUT2D eigenvalue weighted by molar-refractivity contribution is 5.78. The summed E-state index contributed by atoms with van der Waals surface area (Å²) < 4.78 is 19.0. The minimum absolute atomic E-state index is 0.103. The van der Waals surface area contributed by atoms with Gasteiger partial charge in [0.25, 0.3) is 5.91 Å². The number of amides is 1. The number of piperidine rings is 1. The van der Waals surface area contributed by atoms with Crippen molar-refractivity contribution < 1.29 is 13.9 Å². The molecule has 4 rings (SSSR count). The molecule has 0 N–H and O–H groups in total. The molecule has 3 heterocycles. The molecule has 1 aromatic heterocycles. The number of para-hydroxylation sites is 1. The summed E-state index contributed by atoms with van der Waals surface area (Å²) in [5.41, 5.74) is 0.956. The second-order valence-electron chi connectivity index (χ2n) is 7.80. The minimum Gasteiger partial charge on any atom is -0.481 e. The average Bonchev–Trinajstić information content (AvgIpc) is 2.78. The van der Waals surface area contributed by atoms with Gasteiger partial charge >= 0.3 is 0 Å². The van der Waals surface area contributed by atoms with Gasteiger partial charge in [0, 0.05) is 51.0 Å². The van der Waals surface area contributed by atoms with Gasteiger partial charge in [-0.15, -0.1) is 0 Å². The number of ether oxygens (including phenoxy) is 1. The Kier molecular flexibility index (Phi) is 6.30. The molecule has 2 aromatic rings. The van der Waals surface area contributed by atoms with Crippen LogP contribution in [0.15, 0.2) is 30.3 Å². The third-order valence-corrected chi connectivity index (χ3v) is 5.61. The van der Waals surface area contributed by atoms with Crippen LogP contribution in [0.2, 0.25) is 0 Å². The van der Waals surface area contributed by atoms with E-state index in [4.69, 9.17) is 9.72 Å². The molecule has 0 aliphatic carbocycles. The molecule has 2 saturated heterocycles. The van der Waals surface area contributed by atoms with Crippen molar-refractivity contribution in [2.75, 3.05) is 55.7 Å². The Morgan fingerprint density at radius 1 is 1.00 bits per heavy atom. The molecular formula is C22H28FN5O2. The Hall–Kier alpha value is -2.90. The monoisotopic (exact) mass is 413 g/mol. The summed E-state index contributed by atoms with van der Waals surface area (Å²) in [6, 6.07) is 8.13. The van der Waals surface area contributed by atoms with Gasteiger partial charge in [-0.25, -0.2) is 9.37 Å². The zero-order valence-corrected chi connectivity index (χ0v) is 17.4.